The number of nitrogens with one attached hydrogen (secondary N) is 1. The minimum Gasteiger partial charge on any atom is -0.393 e. The van der Waals surface area contributed by atoms with Gasteiger partial charge >= 0.3 is 6.18 Å². The van der Waals surface area contributed by atoms with E-state index in [1.54, 1.807) is 12.1 Å². The van der Waals surface area contributed by atoms with Gasteiger partial charge in [0.2, 0.25) is 5.91 Å². The number of carbonyl (C=O) groups is 1. The monoisotopic (exact) mass is 341 g/mol. The van der Waals surface area contributed by atoms with E-state index in [2.05, 4.69) is 5.32 Å². The van der Waals surface area contributed by atoms with Gasteiger partial charge in [-0.2, -0.15) is 18.4 Å². The Balaban J connectivity index is 2.03. The highest BCUT2D eigenvalue weighted by Crippen LogP contribution is 2.27. The number of nitrogens with zero attached hydrogens (tertiary/aromatic N) is 2. The Morgan fingerprint density at radius 1 is 1.38 bits per heavy atom. The standard InChI is InChI=1S/C16H18F3N3O2/c17-16(18,19)6-3-15(24)21-12-1-2-14(11(9-12)10-20)22-7-4-13(23)5-8-22/h1-2,9,13,23H,3-8H2,(H,21,24). The molecule has 1 amide bonds. The first-order valence-electron chi connectivity index (χ1n) is 7.62. The van der Waals surface area contributed by atoms with Gasteiger partial charge in [-0.1, -0.05) is 0 Å². The number of halogens is 3. The van der Waals surface area contributed by atoms with Crippen molar-refractivity contribution >= 4 is 17.3 Å². The second-order valence-corrected chi connectivity index (χ2v) is 5.73. The Bertz CT molecular complexity index is 632. The molecule has 1 aromatic carbocycles. The molecule has 0 atom stereocenters. The lowest BCUT2D eigenvalue weighted by Gasteiger charge is -2.32. The topological polar surface area (TPSA) is 76.4 Å². The van der Waals surface area contributed by atoms with Crippen LogP contribution >= 0.6 is 0 Å². The minimum atomic E-state index is -4.38. The van der Waals surface area contributed by atoms with Crippen LogP contribution in [0.25, 0.3) is 0 Å². The first-order chi connectivity index (χ1) is 11.3. The van der Waals surface area contributed by atoms with Crippen molar-refractivity contribution in [2.45, 2.75) is 38.0 Å². The van der Waals surface area contributed by atoms with Crippen molar-refractivity contribution in [2.24, 2.45) is 0 Å². The zero-order chi connectivity index (χ0) is 17.7. The number of rotatable bonds is 4. The third-order valence-corrected chi connectivity index (χ3v) is 3.84. The van der Waals surface area contributed by atoms with Gasteiger partial charge in [0.15, 0.2) is 0 Å². The number of anilines is 2. The third-order valence-electron chi connectivity index (χ3n) is 3.84. The quantitative estimate of drug-likeness (QED) is 0.883. The number of aliphatic hydroxyl groups excluding tert-OH is 1. The number of benzene rings is 1. The molecule has 0 bridgehead atoms. The van der Waals surface area contributed by atoms with Crippen LogP contribution in [0.5, 0.6) is 0 Å². The molecule has 1 aromatic rings. The van der Waals surface area contributed by atoms with Crippen molar-refractivity contribution in [2.75, 3.05) is 23.3 Å². The molecule has 0 spiro atoms. The largest absolute Gasteiger partial charge is 0.393 e. The Hall–Kier alpha value is -2.27. The fourth-order valence-electron chi connectivity index (χ4n) is 2.56. The average molecular weight is 341 g/mol. The van der Waals surface area contributed by atoms with Crippen molar-refractivity contribution in [3.05, 3.63) is 23.8 Å². The fourth-order valence-corrected chi connectivity index (χ4v) is 2.56. The highest BCUT2D eigenvalue weighted by Gasteiger charge is 2.28. The summed E-state index contributed by atoms with van der Waals surface area (Å²) in [6.07, 6.45) is -5.33. The zero-order valence-corrected chi connectivity index (χ0v) is 12.9. The van der Waals surface area contributed by atoms with Crippen molar-refractivity contribution in [1.82, 2.24) is 0 Å². The van der Waals surface area contributed by atoms with Gasteiger partial charge in [-0.05, 0) is 31.0 Å². The summed E-state index contributed by atoms with van der Waals surface area (Å²) in [5.41, 5.74) is 1.32. The van der Waals surface area contributed by atoms with Gasteiger partial charge in [-0.25, -0.2) is 0 Å². The molecule has 1 fully saturated rings. The molecule has 130 valence electrons. The molecule has 0 aromatic heterocycles. The molecule has 5 nitrogen and oxygen atoms in total. The molecule has 1 aliphatic heterocycles. The Morgan fingerprint density at radius 3 is 2.62 bits per heavy atom. The van der Waals surface area contributed by atoms with E-state index in [4.69, 9.17) is 0 Å². The van der Waals surface area contributed by atoms with Gasteiger partial charge < -0.3 is 15.3 Å². The lowest BCUT2D eigenvalue weighted by molar-refractivity contribution is -0.142. The molecule has 24 heavy (non-hydrogen) atoms. The van der Waals surface area contributed by atoms with Crippen LogP contribution in [0.15, 0.2) is 18.2 Å². The summed E-state index contributed by atoms with van der Waals surface area (Å²) in [6.45, 7) is 1.24. The molecule has 1 heterocycles. The van der Waals surface area contributed by atoms with E-state index in [1.807, 2.05) is 11.0 Å². The van der Waals surface area contributed by atoms with Crippen LogP contribution in [0.4, 0.5) is 24.5 Å². The number of nitriles is 1. The number of hydrogen-bond acceptors (Lipinski definition) is 4. The highest BCUT2D eigenvalue weighted by molar-refractivity contribution is 5.91. The number of amides is 1. The van der Waals surface area contributed by atoms with Gasteiger partial charge in [0, 0.05) is 25.2 Å². The molecule has 2 rings (SSSR count). The van der Waals surface area contributed by atoms with E-state index in [-0.39, 0.29) is 6.10 Å². The number of hydrogen-bond donors (Lipinski definition) is 2. The van der Waals surface area contributed by atoms with Crippen molar-refractivity contribution < 1.29 is 23.1 Å². The molecule has 2 N–H and O–H groups in total. The molecule has 8 heteroatoms. The number of alkyl halides is 3. The van der Waals surface area contributed by atoms with Crippen LogP contribution < -0.4 is 10.2 Å². The molecule has 1 saturated heterocycles. The van der Waals surface area contributed by atoms with Gasteiger partial charge in [0.05, 0.1) is 23.8 Å². The van der Waals surface area contributed by atoms with Crippen LogP contribution in [0, 0.1) is 11.3 Å². The second kappa shape index (κ2) is 7.53. The van der Waals surface area contributed by atoms with Crippen molar-refractivity contribution in [3.63, 3.8) is 0 Å². The molecular weight excluding hydrogens is 323 g/mol. The van der Waals surface area contributed by atoms with Gasteiger partial charge in [-0.3, -0.25) is 4.79 Å². The average Bonchev–Trinajstić information content (AvgIpc) is 2.53. The number of carbonyl (C=O) groups excluding carboxylic acids is 1. The maximum Gasteiger partial charge on any atom is 0.389 e. The summed E-state index contributed by atoms with van der Waals surface area (Å²) in [4.78, 5) is 13.5. The highest BCUT2D eigenvalue weighted by atomic mass is 19.4. The molecule has 0 saturated carbocycles. The lowest BCUT2D eigenvalue weighted by Crippen LogP contribution is -2.36. The molecular formula is C16H18F3N3O2. The first kappa shape index (κ1) is 18.1. The maximum atomic E-state index is 12.1. The summed E-state index contributed by atoms with van der Waals surface area (Å²) in [7, 11) is 0. The predicted molar refractivity (Wildman–Crippen MR) is 82.5 cm³/mol. The number of aliphatic hydroxyl groups is 1. The second-order valence-electron chi connectivity index (χ2n) is 5.73. The lowest BCUT2D eigenvalue weighted by atomic mass is 10.0. The molecule has 0 radical (unpaired) electrons. The van der Waals surface area contributed by atoms with E-state index in [9.17, 15) is 28.3 Å². The molecule has 0 unspecified atom stereocenters. The molecule has 0 aliphatic carbocycles. The van der Waals surface area contributed by atoms with E-state index >= 15 is 0 Å². The van der Waals surface area contributed by atoms with Crippen LogP contribution in [-0.2, 0) is 4.79 Å². The van der Waals surface area contributed by atoms with Crippen LogP contribution in [-0.4, -0.2) is 36.4 Å². The van der Waals surface area contributed by atoms with Crippen molar-refractivity contribution in [3.8, 4) is 6.07 Å². The SMILES string of the molecule is N#Cc1cc(NC(=O)CCC(F)(F)F)ccc1N1CCC(O)CC1. The Labute approximate surface area is 137 Å². The van der Waals surface area contributed by atoms with E-state index in [0.717, 1.165) is 0 Å². The predicted octanol–water partition coefficient (Wildman–Crippen LogP) is 2.80. The van der Waals surface area contributed by atoms with Crippen molar-refractivity contribution in [1.29, 1.82) is 5.26 Å². The summed E-state index contributed by atoms with van der Waals surface area (Å²) >= 11 is 0. The van der Waals surface area contributed by atoms with E-state index in [1.165, 1.54) is 6.07 Å². The summed E-state index contributed by atoms with van der Waals surface area (Å²) in [5.74, 6) is -0.745. The van der Waals surface area contributed by atoms with Gasteiger partial charge in [0.1, 0.15) is 6.07 Å². The van der Waals surface area contributed by atoms with Crippen LogP contribution in [0.3, 0.4) is 0 Å². The maximum absolute atomic E-state index is 12.1. The third kappa shape index (κ3) is 5.13. The molecule has 1 aliphatic rings. The Morgan fingerprint density at radius 2 is 2.04 bits per heavy atom. The van der Waals surface area contributed by atoms with E-state index in [0.29, 0.717) is 42.9 Å². The normalized spacial score (nSPS) is 15.9. The fraction of sp³-hybridized carbons (Fsp3) is 0.500. The van der Waals surface area contributed by atoms with Gasteiger partial charge in [0.25, 0.3) is 0 Å². The number of piperidine rings is 1. The van der Waals surface area contributed by atoms with Gasteiger partial charge in [-0.15, -0.1) is 0 Å². The van der Waals surface area contributed by atoms with Crippen LogP contribution in [0.1, 0.15) is 31.2 Å². The summed E-state index contributed by atoms with van der Waals surface area (Å²) in [6, 6.07) is 6.71. The first-order valence-corrected chi connectivity index (χ1v) is 7.62. The zero-order valence-electron chi connectivity index (χ0n) is 12.9. The summed E-state index contributed by atoms with van der Waals surface area (Å²) in [5, 5.41) is 21.2. The summed E-state index contributed by atoms with van der Waals surface area (Å²) < 4.78 is 36.3. The smallest absolute Gasteiger partial charge is 0.389 e. The van der Waals surface area contributed by atoms with Crippen LogP contribution in [0.2, 0.25) is 0 Å². The minimum absolute atomic E-state index is 0.291. The van der Waals surface area contributed by atoms with E-state index < -0.39 is 24.9 Å². The Kier molecular flexibility index (Phi) is 5.67.